The number of rotatable bonds is 8. The Hall–Kier alpha value is -3.42. The summed E-state index contributed by atoms with van der Waals surface area (Å²) >= 11 is 0. The van der Waals surface area contributed by atoms with Crippen molar-refractivity contribution < 1.29 is 14.3 Å². The van der Waals surface area contributed by atoms with E-state index < -0.39 is 5.92 Å². The van der Waals surface area contributed by atoms with Crippen molar-refractivity contribution in [2.24, 2.45) is 0 Å². The third-order valence-electron chi connectivity index (χ3n) is 4.03. The molecule has 140 valence electrons. The van der Waals surface area contributed by atoms with Gasteiger partial charge in [-0.05, 0) is 43.2 Å². The first-order valence-corrected chi connectivity index (χ1v) is 8.60. The number of benzene rings is 2. The summed E-state index contributed by atoms with van der Waals surface area (Å²) in [6.07, 6.45) is 0.423. The fourth-order valence-electron chi connectivity index (χ4n) is 2.69. The predicted octanol–water partition coefficient (Wildman–Crippen LogP) is 2.57. The molecular formula is C19H21N5O3. The molecule has 3 rings (SSSR count). The average Bonchev–Trinajstić information content (AvgIpc) is 3.22. The van der Waals surface area contributed by atoms with E-state index in [1.165, 1.54) is 0 Å². The number of para-hydroxylation sites is 2. The van der Waals surface area contributed by atoms with Crippen molar-refractivity contribution in [3.63, 3.8) is 0 Å². The molecule has 8 nitrogen and oxygen atoms in total. The van der Waals surface area contributed by atoms with Crippen LogP contribution in [-0.4, -0.2) is 40.2 Å². The van der Waals surface area contributed by atoms with Crippen LogP contribution in [0.5, 0.6) is 11.5 Å². The highest BCUT2D eigenvalue weighted by Gasteiger charge is 2.26. The van der Waals surface area contributed by atoms with Crippen molar-refractivity contribution in [2.75, 3.05) is 19.0 Å². The molecule has 1 aromatic heterocycles. The predicted molar refractivity (Wildman–Crippen MR) is 99.9 cm³/mol. The average molecular weight is 367 g/mol. The molecule has 1 atom stereocenters. The van der Waals surface area contributed by atoms with Crippen molar-refractivity contribution in [2.45, 2.75) is 19.3 Å². The van der Waals surface area contributed by atoms with Gasteiger partial charge in [0.1, 0.15) is 17.4 Å². The minimum absolute atomic E-state index is 0.237. The Bertz CT molecular complexity index is 865. The summed E-state index contributed by atoms with van der Waals surface area (Å²) in [7, 11) is 1.61. The van der Waals surface area contributed by atoms with Crippen LogP contribution in [0.2, 0.25) is 0 Å². The second-order valence-electron chi connectivity index (χ2n) is 5.79. The Morgan fingerprint density at radius 1 is 1.19 bits per heavy atom. The van der Waals surface area contributed by atoms with Gasteiger partial charge in [-0.3, -0.25) is 4.79 Å². The molecule has 8 heteroatoms. The highest BCUT2D eigenvalue weighted by molar-refractivity contribution is 5.96. The molecule has 3 aromatic rings. The molecule has 0 radical (unpaired) electrons. The molecule has 0 saturated heterocycles. The van der Waals surface area contributed by atoms with Crippen molar-refractivity contribution in [1.82, 2.24) is 20.6 Å². The van der Waals surface area contributed by atoms with E-state index in [1.807, 2.05) is 49.4 Å². The van der Waals surface area contributed by atoms with Crippen LogP contribution in [0.4, 0.5) is 5.69 Å². The molecule has 2 aromatic carbocycles. The number of H-pyrrole nitrogens is 1. The summed E-state index contributed by atoms with van der Waals surface area (Å²) in [5.41, 5.74) is 1.56. The monoisotopic (exact) mass is 367 g/mol. The van der Waals surface area contributed by atoms with Crippen LogP contribution in [0.15, 0.2) is 48.5 Å². The number of anilines is 1. The molecule has 0 aliphatic rings. The Balaban J connectivity index is 1.81. The third-order valence-corrected chi connectivity index (χ3v) is 4.03. The number of hydrogen-bond donors (Lipinski definition) is 2. The maximum atomic E-state index is 13.0. The van der Waals surface area contributed by atoms with Gasteiger partial charge in [0, 0.05) is 0 Å². The lowest BCUT2D eigenvalue weighted by atomic mass is 9.97. The number of carbonyl (C=O) groups is 1. The van der Waals surface area contributed by atoms with Gasteiger partial charge in [0.05, 0.1) is 19.4 Å². The smallest absolute Gasteiger partial charge is 0.235 e. The summed E-state index contributed by atoms with van der Waals surface area (Å²) in [5.74, 6) is 0.859. The fraction of sp³-hybridized carbons (Fsp3) is 0.263. The summed E-state index contributed by atoms with van der Waals surface area (Å²) < 4.78 is 10.7. The van der Waals surface area contributed by atoms with Crippen molar-refractivity contribution in [3.8, 4) is 11.5 Å². The van der Waals surface area contributed by atoms with Crippen molar-refractivity contribution in [3.05, 3.63) is 59.9 Å². The van der Waals surface area contributed by atoms with Gasteiger partial charge in [-0.1, -0.05) is 29.5 Å². The van der Waals surface area contributed by atoms with Gasteiger partial charge in [0.2, 0.25) is 5.91 Å². The van der Waals surface area contributed by atoms with Gasteiger partial charge in [-0.25, -0.2) is 0 Å². The summed E-state index contributed by atoms with van der Waals surface area (Å²) in [6.45, 7) is 2.40. The molecule has 27 heavy (non-hydrogen) atoms. The minimum Gasteiger partial charge on any atom is -0.497 e. The number of nitrogens with one attached hydrogen (secondary N) is 2. The highest BCUT2D eigenvalue weighted by Crippen LogP contribution is 2.27. The first-order valence-electron chi connectivity index (χ1n) is 8.60. The maximum Gasteiger partial charge on any atom is 0.235 e. The van der Waals surface area contributed by atoms with Crippen LogP contribution in [0.3, 0.4) is 0 Å². The Morgan fingerprint density at radius 2 is 1.96 bits per heavy atom. The quantitative estimate of drug-likeness (QED) is 0.634. The van der Waals surface area contributed by atoms with Gasteiger partial charge < -0.3 is 14.8 Å². The first-order chi connectivity index (χ1) is 13.2. The van der Waals surface area contributed by atoms with E-state index in [9.17, 15) is 4.79 Å². The van der Waals surface area contributed by atoms with Gasteiger partial charge in [-0.2, -0.15) is 5.21 Å². The zero-order valence-electron chi connectivity index (χ0n) is 15.2. The number of ether oxygens (including phenoxy) is 2. The topological polar surface area (TPSA) is 102 Å². The van der Waals surface area contributed by atoms with Crippen LogP contribution in [-0.2, 0) is 11.2 Å². The van der Waals surface area contributed by atoms with Crippen LogP contribution in [0, 0.1) is 0 Å². The molecule has 0 unspecified atom stereocenters. The second-order valence-corrected chi connectivity index (χ2v) is 5.79. The summed E-state index contributed by atoms with van der Waals surface area (Å²) in [5, 5.41) is 16.9. The van der Waals surface area contributed by atoms with Gasteiger partial charge in [-0.15, -0.1) is 10.2 Å². The first kappa shape index (κ1) is 18.4. The third kappa shape index (κ3) is 4.60. The number of aromatic nitrogens is 4. The SMILES string of the molecule is CCOc1ccccc1NC(=O)[C@H](Cc1ccc(OC)cc1)c1nn[nH]n1. The van der Waals surface area contributed by atoms with E-state index in [-0.39, 0.29) is 5.91 Å². The Morgan fingerprint density at radius 3 is 2.63 bits per heavy atom. The summed E-state index contributed by atoms with van der Waals surface area (Å²) in [6, 6.07) is 14.8. The van der Waals surface area contributed by atoms with E-state index in [1.54, 1.807) is 13.2 Å². The standard InChI is InChI=1S/C19H21N5O3/c1-3-27-17-7-5-4-6-16(17)20-19(25)15(18-21-23-24-22-18)12-13-8-10-14(26-2)11-9-13/h4-11,15H,3,12H2,1-2H3,(H,20,25)(H,21,22,23,24)/t15-/m1/s1. The molecule has 1 heterocycles. The van der Waals surface area contributed by atoms with Crippen LogP contribution in [0.25, 0.3) is 0 Å². The zero-order valence-corrected chi connectivity index (χ0v) is 15.2. The lowest BCUT2D eigenvalue weighted by Crippen LogP contribution is -2.24. The van der Waals surface area contributed by atoms with E-state index >= 15 is 0 Å². The molecule has 0 aliphatic carbocycles. The lowest BCUT2D eigenvalue weighted by molar-refractivity contribution is -0.117. The molecular weight excluding hydrogens is 346 g/mol. The number of methoxy groups -OCH3 is 1. The Labute approximate surface area is 156 Å². The minimum atomic E-state index is -0.605. The second kappa shape index (κ2) is 8.79. The molecule has 0 bridgehead atoms. The molecule has 1 amide bonds. The number of tetrazole rings is 1. The van der Waals surface area contributed by atoms with Gasteiger partial charge in [0.15, 0.2) is 5.82 Å². The van der Waals surface area contributed by atoms with Crippen molar-refractivity contribution >= 4 is 11.6 Å². The molecule has 0 spiro atoms. The lowest BCUT2D eigenvalue weighted by Gasteiger charge is -2.16. The van der Waals surface area contributed by atoms with E-state index in [4.69, 9.17) is 9.47 Å². The van der Waals surface area contributed by atoms with E-state index in [2.05, 4.69) is 25.9 Å². The van der Waals surface area contributed by atoms with Crippen molar-refractivity contribution in [1.29, 1.82) is 0 Å². The largest absolute Gasteiger partial charge is 0.497 e. The normalized spacial score (nSPS) is 11.6. The van der Waals surface area contributed by atoms with Crippen LogP contribution >= 0.6 is 0 Å². The molecule has 0 saturated carbocycles. The molecule has 2 N–H and O–H groups in total. The number of nitrogens with zero attached hydrogens (tertiary/aromatic N) is 3. The molecule has 0 aliphatic heterocycles. The highest BCUT2D eigenvalue weighted by atomic mass is 16.5. The van der Waals surface area contributed by atoms with Crippen LogP contribution in [0.1, 0.15) is 24.2 Å². The van der Waals surface area contributed by atoms with Gasteiger partial charge in [0.25, 0.3) is 0 Å². The maximum absolute atomic E-state index is 13.0. The number of amides is 1. The zero-order chi connectivity index (χ0) is 19.1. The summed E-state index contributed by atoms with van der Waals surface area (Å²) in [4.78, 5) is 13.0. The van der Waals surface area contributed by atoms with E-state index in [0.29, 0.717) is 30.3 Å². The number of hydrogen-bond acceptors (Lipinski definition) is 6. The Kier molecular flexibility index (Phi) is 5.98. The number of aromatic amines is 1. The molecule has 0 fully saturated rings. The van der Waals surface area contributed by atoms with Gasteiger partial charge >= 0.3 is 0 Å². The van der Waals surface area contributed by atoms with E-state index in [0.717, 1.165) is 11.3 Å². The van der Waals surface area contributed by atoms with Crippen LogP contribution < -0.4 is 14.8 Å². The number of carbonyl (C=O) groups excluding carboxylic acids is 1. The fourth-order valence-corrected chi connectivity index (χ4v) is 2.69.